The quantitative estimate of drug-likeness (QED) is 0.0322. The first-order valence-electron chi connectivity index (χ1n) is 26.9. The highest BCUT2D eigenvalue weighted by Crippen LogP contribution is 2.15. The van der Waals surface area contributed by atoms with Crippen LogP contribution in [-0.2, 0) is 14.3 Å². The Hall–Kier alpha value is -2.18. The summed E-state index contributed by atoms with van der Waals surface area (Å²) < 4.78 is 5.44. The first-order valence-corrected chi connectivity index (χ1v) is 26.9. The lowest BCUT2D eigenvalue weighted by molar-refractivity contribution is -0.143. The zero-order chi connectivity index (χ0) is 45.1. The number of carbonyl (C=O) groups excluding carboxylic acids is 2. The molecule has 0 fully saturated rings. The molecule has 3 N–H and O–H groups in total. The number of ether oxygens (including phenoxy) is 1. The number of hydrogen-bond donors (Lipinski definition) is 3. The number of rotatable bonds is 49. The van der Waals surface area contributed by atoms with Crippen LogP contribution in [0.25, 0.3) is 0 Å². The first-order chi connectivity index (χ1) is 30.5. The molecule has 0 rings (SSSR count). The van der Waals surface area contributed by atoms with Crippen molar-refractivity contribution in [2.45, 2.75) is 283 Å². The van der Waals surface area contributed by atoms with E-state index in [1.165, 1.54) is 161 Å². The van der Waals surface area contributed by atoms with E-state index < -0.39 is 12.1 Å². The Kier molecular flexibility index (Phi) is 49.6. The van der Waals surface area contributed by atoms with Crippen molar-refractivity contribution in [3.05, 3.63) is 48.6 Å². The van der Waals surface area contributed by atoms with Crippen molar-refractivity contribution < 1.29 is 24.5 Å². The summed E-state index contributed by atoms with van der Waals surface area (Å²) in [5.41, 5.74) is 0. The standard InChI is InChI=1S/C56H103NO5/c1-3-5-7-9-11-13-15-17-18-19-21-25-28-32-36-40-44-48-54(59)53(52-58)57-55(60)49-45-41-37-33-29-26-22-20-23-27-31-35-39-43-47-51-62-56(61)50-46-42-38-34-30-24-16-14-12-10-8-6-4-2/h8,10,14,16,23,27,44,48,53-54,58-59H,3-7,9,11-13,15,17-22,24-26,28-43,45-47,49-52H2,1-2H3,(H,57,60)/b10-8-,16-14-,27-23-,48-44+. The minimum Gasteiger partial charge on any atom is -0.466 e. The van der Waals surface area contributed by atoms with Crippen molar-refractivity contribution in [1.29, 1.82) is 0 Å². The van der Waals surface area contributed by atoms with E-state index in [-0.39, 0.29) is 18.5 Å². The van der Waals surface area contributed by atoms with E-state index in [1.807, 2.05) is 6.08 Å². The van der Waals surface area contributed by atoms with Crippen LogP contribution in [0.1, 0.15) is 271 Å². The van der Waals surface area contributed by atoms with Crippen LogP contribution in [0.3, 0.4) is 0 Å². The molecule has 0 aromatic carbocycles. The van der Waals surface area contributed by atoms with Crippen LogP contribution in [0, 0.1) is 0 Å². The molecule has 6 nitrogen and oxygen atoms in total. The fourth-order valence-corrected chi connectivity index (χ4v) is 7.90. The van der Waals surface area contributed by atoms with Crippen molar-refractivity contribution in [1.82, 2.24) is 5.32 Å². The molecule has 0 aromatic rings. The Bertz CT molecular complexity index is 1050. The summed E-state index contributed by atoms with van der Waals surface area (Å²) in [6.45, 7) is 4.79. The van der Waals surface area contributed by atoms with Gasteiger partial charge in [0.2, 0.25) is 5.91 Å². The Morgan fingerprint density at radius 3 is 1.31 bits per heavy atom. The third-order valence-electron chi connectivity index (χ3n) is 12.0. The number of nitrogens with one attached hydrogen (secondary N) is 1. The van der Waals surface area contributed by atoms with Gasteiger partial charge >= 0.3 is 5.97 Å². The average Bonchev–Trinajstić information content (AvgIpc) is 3.27. The van der Waals surface area contributed by atoms with Crippen LogP contribution in [-0.4, -0.2) is 47.4 Å². The highest BCUT2D eigenvalue weighted by atomic mass is 16.5. The largest absolute Gasteiger partial charge is 0.466 e. The number of aliphatic hydroxyl groups is 2. The molecular formula is C56H103NO5. The van der Waals surface area contributed by atoms with Crippen LogP contribution in [0.15, 0.2) is 48.6 Å². The fraction of sp³-hybridized carbons (Fsp3) is 0.821. The number of esters is 1. The molecule has 62 heavy (non-hydrogen) atoms. The molecule has 0 saturated heterocycles. The Balaban J connectivity index is 3.53. The van der Waals surface area contributed by atoms with Crippen molar-refractivity contribution in [3.63, 3.8) is 0 Å². The molecule has 0 radical (unpaired) electrons. The number of amides is 1. The van der Waals surface area contributed by atoms with E-state index in [0.717, 1.165) is 83.5 Å². The molecule has 0 aromatic heterocycles. The van der Waals surface area contributed by atoms with E-state index in [4.69, 9.17) is 4.74 Å². The summed E-state index contributed by atoms with van der Waals surface area (Å²) in [4.78, 5) is 24.4. The van der Waals surface area contributed by atoms with Crippen molar-refractivity contribution in [2.24, 2.45) is 0 Å². The van der Waals surface area contributed by atoms with Gasteiger partial charge in [-0.3, -0.25) is 9.59 Å². The maximum absolute atomic E-state index is 12.4. The van der Waals surface area contributed by atoms with Gasteiger partial charge in [0.05, 0.1) is 25.4 Å². The Labute approximate surface area is 385 Å². The van der Waals surface area contributed by atoms with Gasteiger partial charge in [0.15, 0.2) is 0 Å². The normalized spacial score (nSPS) is 13.0. The second-order valence-electron chi connectivity index (χ2n) is 18.2. The predicted molar refractivity (Wildman–Crippen MR) is 269 cm³/mol. The number of unbranched alkanes of at least 4 members (excludes halogenated alkanes) is 32. The zero-order valence-corrected chi connectivity index (χ0v) is 41.1. The van der Waals surface area contributed by atoms with Gasteiger partial charge < -0.3 is 20.3 Å². The Morgan fingerprint density at radius 1 is 0.452 bits per heavy atom. The Morgan fingerprint density at radius 2 is 0.839 bits per heavy atom. The van der Waals surface area contributed by atoms with Gasteiger partial charge in [-0.25, -0.2) is 0 Å². The second kappa shape index (κ2) is 51.5. The van der Waals surface area contributed by atoms with E-state index >= 15 is 0 Å². The van der Waals surface area contributed by atoms with Crippen LogP contribution in [0.5, 0.6) is 0 Å². The molecule has 0 aliphatic carbocycles. The maximum Gasteiger partial charge on any atom is 0.305 e. The number of aliphatic hydroxyl groups excluding tert-OH is 2. The van der Waals surface area contributed by atoms with E-state index in [1.54, 1.807) is 6.08 Å². The van der Waals surface area contributed by atoms with Crippen molar-refractivity contribution >= 4 is 11.9 Å². The van der Waals surface area contributed by atoms with Gasteiger partial charge in [-0.05, 0) is 83.5 Å². The molecule has 2 unspecified atom stereocenters. The summed E-state index contributed by atoms with van der Waals surface area (Å²) in [5.74, 6) is -0.111. The highest BCUT2D eigenvalue weighted by molar-refractivity contribution is 5.76. The number of allylic oxidation sites excluding steroid dienone is 7. The van der Waals surface area contributed by atoms with Crippen LogP contribution in [0.2, 0.25) is 0 Å². The molecule has 0 saturated carbocycles. The summed E-state index contributed by atoms with van der Waals surface area (Å²) in [7, 11) is 0. The molecule has 0 heterocycles. The van der Waals surface area contributed by atoms with Crippen LogP contribution < -0.4 is 5.32 Å². The monoisotopic (exact) mass is 870 g/mol. The molecule has 0 bridgehead atoms. The second-order valence-corrected chi connectivity index (χ2v) is 18.2. The average molecular weight is 870 g/mol. The van der Waals surface area contributed by atoms with Gasteiger partial charge in [-0.15, -0.1) is 0 Å². The number of hydrogen-bond acceptors (Lipinski definition) is 5. The number of carbonyl (C=O) groups is 2. The van der Waals surface area contributed by atoms with Gasteiger partial charge in [-0.1, -0.05) is 223 Å². The lowest BCUT2D eigenvalue weighted by Crippen LogP contribution is -2.45. The predicted octanol–water partition coefficient (Wildman–Crippen LogP) is 16.2. The third-order valence-corrected chi connectivity index (χ3v) is 12.0. The van der Waals surface area contributed by atoms with Gasteiger partial charge in [-0.2, -0.15) is 0 Å². The lowest BCUT2D eigenvalue weighted by atomic mass is 10.0. The SMILES string of the molecule is CCC/C=C\C/C=C\CCCCCCCC(=O)OCCCCCC/C=C\CCCCCCCCCC(=O)NC(CO)C(O)/C=C/CCCCCCCCCCCCCCCCC. The van der Waals surface area contributed by atoms with Gasteiger partial charge in [0, 0.05) is 12.8 Å². The van der Waals surface area contributed by atoms with E-state index in [0.29, 0.717) is 19.4 Å². The molecule has 1 amide bonds. The first kappa shape index (κ1) is 59.8. The fourth-order valence-electron chi connectivity index (χ4n) is 7.90. The zero-order valence-electron chi connectivity index (χ0n) is 41.1. The lowest BCUT2D eigenvalue weighted by Gasteiger charge is -2.20. The van der Waals surface area contributed by atoms with Crippen LogP contribution in [0.4, 0.5) is 0 Å². The summed E-state index contributed by atoms with van der Waals surface area (Å²) >= 11 is 0. The molecule has 362 valence electrons. The molecule has 6 heteroatoms. The summed E-state index contributed by atoms with van der Waals surface area (Å²) in [6.07, 6.45) is 64.0. The minimum atomic E-state index is -0.856. The third kappa shape index (κ3) is 47.3. The van der Waals surface area contributed by atoms with Gasteiger partial charge in [0.1, 0.15) is 0 Å². The summed E-state index contributed by atoms with van der Waals surface area (Å²) in [6, 6.07) is -0.641. The highest BCUT2D eigenvalue weighted by Gasteiger charge is 2.18. The van der Waals surface area contributed by atoms with E-state index in [9.17, 15) is 19.8 Å². The minimum absolute atomic E-state index is 0.0272. The molecule has 0 aliphatic rings. The molecule has 0 aliphatic heterocycles. The maximum atomic E-state index is 12.4. The molecular weight excluding hydrogens is 767 g/mol. The van der Waals surface area contributed by atoms with Crippen LogP contribution >= 0.6 is 0 Å². The topological polar surface area (TPSA) is 95.9 Å². The van der Waals surface area contributed by atoms with Crippen molar-refractivity contribution in [2.75, 3.05) is 13.2 Å². The molecule has 2 atom stereocenters. The van der Waals surface area contributed by atoms with Crippen molar-refractivity contribution in [3.8, 4) is 0 Å². The summed E-state index contributed by atoms with van der Waals surface area (Å²) in [5, 5.41) is 23.1. The smallest absolute Gasteiger partial charge is 0.305 e. The molecule has 0 spiro atoms. The van der Waals surface area contributed by atoms with E-state index in [2.05, 4.69) is 55.6 Å². The van der Waals surface area contributed by atoms with Gasteiger partial charge in [0.25, 0.3) is 0 Å².